The van der Waals surface area contributed by atoms with Gasteiger partial charge in [-0.1, -0.05) is 64.1 Å². The molecule has 0 saturated carbocycles. The van der Waals surface area contributed by atoms with Crippen molar-refractivity contribution in [3.05, 3.63) is 71.4 Å². The number of aliphatic carboxylic acids is 2. The van der Waals surface area contributed by atoms with E-state index in [1.165, 1.54) is 24.0 Å². The average Bonchev–Trinajstić information content (AvgIpc) is 2.95. The molecule has 0 amide bonds. The van der Waals surface area contributed by atoms with Gasteiger partial charge in [-0.25, -0.2) is 19.6 Å². The molecular formula is C30H33F6N3O5. The largest absolute Gasteiger partial charge is 0.490 e. The number of nitrogens with two attached hydrogens (primary N) is 1. The van der Waals surface area contributed by atoms with Gasteiger partial charge >= 0.3 is 24.3 Å². The molecule has 4 rings (SSSR count). The van der Waals surface area contributed by atoms with Crippen LogP contribution in [-0.4, -0.2) is 56.2 Å². The van der Waals surface area contributed by atoms with Gasteiger partial charge in [-0.05, 0) is 52.5 Å². The van der Waals surface area contributed by atoms with Gasteiger partial charge in [-0.3, -0.25) is 0 Å². The van der Waals surface area contributed by atoms with E-state index in [2.05, 4.69) is 50.9 Å². The van der Waals surface area contributed by atoms with Gasteiger partial charge in [0.2, 0.25) is 0 Å². The highest BCUT2D eigenvalue weighted by Crippen LogP contribution is 2.46. The van der Waals surface area contributed by atoms with Gasteiger partial charge in [0.25, 0.3) is 0 Å². The van der Waals surface area contributed by atoms with Gasteiger partial charge in [0.1, 0.15) is 0 Å². The van der Waals surface area contributed by atoms with E-state index >= 15 is 0 Å². The number of aliphatic hydroxyl groups is 1. The molecule has 0 fully saturated rings. The third-order valence-corrected chi connectivity index (χ3v) is 7.08. The van der Waals surface area contributed by atoms with Crippen molar-refractivity contribution < 1.29 is 51.3 Å². The molecule has 2 aromatic carbocycles. The molecule has 1 atom stereocenters. The topological polar surface area (TPSA) is 147 Å². The molecule has 0 aliphatic heterocycles. The molecule has 0 saturated heterocycles. The van der Waals surface area contributed by atoms with Gasteiger partial charge in [0.05, 0.1) is 18.3 Å². The van der Waals surface area contributed by atoms with E-state index in [-0.39, 0.29) is 23.5 Å². The number of fused-ring (bicyclic) bond motifs is 1. The molecule has 1 aliphatic rings. The maximum atomic E-state index is 10.6. The number of nitrogens with zero attached hydrogens (tertiary/aromatic N) is 2. The highest BCUT2D eigenvalue weighted by molar-refractivity contribution is 5.73. The van der Waals surface area contributed by atoms with Crippen LogP contribution in [0.1, 0.15) is 63.3 Å². The van der Waals surface area contributed by atoms with Crippen LogP contribution >= 0.6 is 0 Å². The number of carbonyl (C=O) groups is 2. The average molecular weight is 630 g/mol. The van der Waals surface area contributed by atoms with E-state index in [9.17, 15) is 31.4 Å². The maximum Gasteiger partial charge on any atom is 0.490 e. The molecule has 8 nitrogen and oxygen atoms in total. The van der Waals surface area contributed by atoms with E-state index < -0.39 is 24.3 Å². The Morgan fingerprint density at radius 3 is 1.73 bits per heavy atom. The van der Waals surface area contributed by atoms with Crippen LogP contribution < -0.4 is 5.73 Å². The highest BCUT2D eigenvalue weighted by Gasteiger charge is 2.39. The third-order valence-electron chi connectivity index (χ3n) is 7.08. The lowest BCUT2D eigenvalue weighted by atomic mass is 9.63. The standard InChI is InChI=1S/C26H31N3O.2C2HF3O2/c1-25(2)12-13-26(3,4)21-15-19(9-10-20(21)25)23-11-14-28-24(29-23)18-7-5-17(6-8-18)22(27)16-30;2*3-2(4,5)1(6)7/h5-11,14-15,22,30H,12-13,16,27H2,1-4H3;2*(H,6,7). The Morgan fingerprint density at radius 1 is 0.818 bits per heavy atom. The summed E-state index contributed by atoms with van der Waals surface area (Å²) in [6, 6.07) is 16.2. The zero-order valence-electron chi connectivity index (χ0n) is 24.3. The Balaban J connectivity index is 0.000000402. The van der Waals surface area contributed by atoms with Gasteiger partial charge < -0.3 is 21.1 Å². The quantitative estimate of drug-likeness (QED) is 0.242. The zero-order chi connectivity index (χ0) is 33.7. The van der Waals surface area contributed by atoms with E-state index in [1.807, 2.05) is 36.5 Å². The number of hydrogen-bond acceptors (Lipinski definition) is 6. The van der Waals surface area contributed by atoms with Gasteiger partial charge in [0.15, 0.2) is 5.82 Å². The summed E-state index contributed by atoms with van der Waals surface area (Å²) in [4.78, 5) is 27.1. The fraction of sp³-hybridized carbons (Fsp3) is 0.400. The Labute approximate surface area is 249 Å². The normalized spacial score (nSPS) is 15.8. The second-order valence-corrected chi connectivity index (χ2v) is 11.3. The zero-order valence-corrected chi connectivity index (χ0v) is 24.3. The smallest absolute Gasteiger partial charge is 0.475 e. The summed E-state index contributed by atoms with van der Waals surface area (Å²) in [6.45, 7) is 9.30. The van der Waals surface area contributed by atoms with Crippen molar-refractivity contribution >= 4 is 11.9 Å². The predicted molar refractivity (Wildman–Crippen MR) is 150 cm³/mol. The van der Waals surface area contributed by atoms with Crippen molar-refractivity contribution in [1.82, 2.24) is 9.97 Å². The molecule has 1 unspecified atom stereocenters. The number of aromatic nitrogens is 2. The predicted octanol–water partition coefficient (Wildman–Crippen LogP) is 6.42. The summed E-state index contributed by atoms with van der Waals surface area (Å²) in [5.41, 5.74) is 13.0. The van der Waals surface area contributed by atoms with Crippen LogP contribution in [-0.2, 0) is 20.4 Å². The number of benzene rings is 2. The van der Waals surface area contributed by atoms with Gasteiger partial charge in [-0.15, -0.1) is 0 Å². The Morgan fingerprint density at radius 2 is 1.27 bits per heavy atom. The molecule has 1 aromatic heterocycles. The molecule has 44 heavy (non-hydrogen) atoms. The molecular weight excluding hydrogens is 596 g/mol. The Kier molecular flexibility index (Phi) is 11.3. The van der Waals surface area contributed by atoms with E-state index in [1.54, 1.807) is 0 Å². The van der Waals surface area contributed by atoms with Crippen LogP contribution in [0.15, 0.2) is 54.7 Å². The number of halogens is 6. The molecule has 3 aromatic rings. The number of rotatable bonds is 4. The minimum Gasteiger partial charge on any atom is -0.475 e. The van der Waals surface area contributed by atoms with Crippen LogP contribution in [0, 0.1) is 0 Å². The first-order valence-electron chi connectivity index (χ1n) is 13.2. The van der Waals surface area contributed by atoms with Crippen molar-refractivity contribution in [3.8, 4) is 22.6 Å². The molecule has 1 heterocycles. The summed E-state index contributed by atoms with van der Waals surface area (Å²) >= 11 is 0. The van der Waals surface area contributed by atoms with Crippen molar-refractivity contribution in [2.75, 3.05) is 6.61 Å². The Bertz CT molecular complexity index is 1430. The number of hydrogen-bond donors (Lipinski definition) is 4. The van der Waals surface area contributed by atoms with Crippen LogP contribution in [0.4, 0.5) is 26.3 Å². The van der Waals surface area contributed by atoms with E-state index in [0.29, 0.717) is 5.82 Å². The second-order valence-electron chi connectivity index (χ2n) is 11.3. The summed E-state index contributed by atoms with van der Waals surface area (Å²) in [5.74, 6) is -4.83. The fourth-order valence-electron chi connectivity index (χ4n) is 4.39. The van der Waals surface area contributed by atoms with Gasteiger partial charge in [0, 0.05) is 17.3 Å². The summed E-state index contributed by atoms with van der Waals surface area (Å²) in [7, 11) is 0. The summed E-state index contributed by atoms with van der Waals surface area (Å²) in [5, 5.41) is 23.5. The SMILES string of the molecule is CC1(C)CCC(C)(C)c2cc(-c3ccnc(-c4ccc(C(N)CO)cc4)n3)ccc21.O=C(O)C(F)(F)F.O=C(O)C(F)(F)F. The molecule has 14 heteroatoms. The minimum absolute atomic E-state index is 0.0726. The molecule has 1 aliphatic carbocycles. The lowest BCUT2D eigenvalue weighted by Crippen LogP contribution is -2.33. The number of alkyl halides is 6. The van der Waals surface area contributed by atoms with Crippen LogP contribution in [0.2, 0.25) is 0 Å². The van der Waals surface area contributed by atoms with Crippen LogP contribution in [0.3, 0.4) is 0 Å². The Hall–Kier alpha value is -4.04. The lowest BCUT2D eigenvalue weighted by molar-refractivity contribution is -0.193. The first kappa shape index (κ1) is 36.2. The fourth-order valence-corrected chi connectivity index (χ4v) is 4.39. The highest BCUT2D eigenvalue weighted by atomic mass is 19.4. The molecule has 0 bridgehead atoms. The second kappa shape index (κ2) is 13.7. The van der Waals surface area contributed by atoms with Crippen LogP contribution in [0.25, 0.3) is 22.6 Å². The monoisotopic (exact) mass is 629 g/mol. The molecule has 240 valence electrons. The van der Waals surface area contributed by atoms with E-state index in [4.69, 9.17) is 30.5 Å². The third kappa shape index (κ3) is 9.48. The maximum absolute atomic E-state index is 10.6. The first-order valence-corrected chi connectivity index (χ1v) is 13.2. The van der Waals surface area contributed by atoms with Crippen molar-refractivity contribution in [3.63, 3.8) is 0 Å². The van der Waals surface area contributed by atoms with Crippen molar-refractivity contribution in [1.29, 1.82) is 0 Å². The summed E-state index contributed by atoms with van der Waals surface area (Å²) < 4.78 is 63.5. The number of carboxylic acids is 2. The van der Waals surface area contributed by atoms with Crippen molar-refractivity contribution in [2.45, 2.75) is 69.8 Å². The van der Waals surface area contributed by atoms with Gasteiger partial charge in [-0.2, -0.15) is 26.3 Å². The number of aliphatic hydroxyl groups excluding tert-OH is 1. The summed E-state index contributed by atoms with van der Waals surface area (Å²) in [6.07, 6.45) is -5.95. The molecule has 5 N–H and O–H groups in total. The number of carboxylic acid groups (broad SMARTS) is 2. The van der Waals surface area contributed by atoms with E-state index in [0.717, 1.165) is 22.4 Å². The lowest BCUT2D eigenvalue weighted by Gasteiger charge is -2.42. The minimum atomic E-state index is -5.08. The molecule has 0 radical (unpaired) electrons. The van der Waals surface area contributed by atoms with Crippen LogP contribution in [0.5, 0.6) is 0 Å². The first-order chi connectivity index (χ1) is 20.1. The molecule has 0 spiro atoms. The van der Waals surface area contributed by atoms with Crippen molar-refractivity contribution in [2.24, 2.45) is 5.73 Å².